The van der Waals surface area contributed by atoms with Gasteiger partial charge in [0, 0.05) is 13.1 Å². The molecule has 2 aromatic carbocycles. The highest BCUT2D eigenvalue weighted by Crippen LogP contribution is 2.31. The highest BCUT2D eigenvalue weighted by Gasteiger charge is 2.25. The van der Waals surface area contributed by atoms with Crippen molar-refractivity contribution < 1.29 is 27.1 Å². The maximum Gasteiger partial charge on any atom is 0.269 e. The molecule has 1 unspecified atom stereocenters. The summed E-state index contributed by atoms with van der Waals surface area (Å²) < 4.78 is 62.3. The van der Waals surface area contributed by atoms with Gasteiger partial charge in [-0.1, -0.05) is 12.1 Å². The number of anilines is 3. The van der Waals surface area contributed by atoms with E-state index in [0.717, 1.165) is 39.3 Å². The molecule has 10 nitrogen and oxygen atoms in total. The number of aryl methyl sites for hydroxylation is 1. The molecule has 0 fully saturated rings. The second kappa shape index (κ2) is 12.9. The molecular weight excluding hydrogens is 550 g/mol. The molecule has 0 saturated carbocycles. The average Bonchev–Trinajstić information content (AvgIpc) is 3.37. The van der Waals surface area contributed by atoms with Gasteiger partial charge in [0.05, 0.1) is 12.8 Å². The fourth-order valence-electron chi connectivity index (χ4n) is 3.89. The molecule has 2 aromatic heterocycles. The third kappa shape index (κ3) is 6.46. The zero-order valence-electron chi connectivity index (χ0n) is 21.1. The third-order valence-corrected chi connectivity index (χ3v) is 7.41. The lowest BCUT2D eigenvalue weighted by molar-refractivity contribution is 0.103. The Labute approximate surface area is 230 Å². The smallest absolute Gasteiger partial charge is 0.269 e. The van der Waals surface area contributed by atoms with Gasteiger partial charge in [0.2, 0.25) is 0 Å². The van der Waals surface area contributed by atoms with Crippen LogP contribution in [0.5, 0.6) is 5.75 Å². The van der Waals surface area contributed by atoms with Crippen molar-refractivity contribution in [2.24, 2.45) is 0 Å². The van der Waals surface area contributed by atoms with Gasteiger partial charge in [0.1, 0.15) is 39.5 Å². The van der Waals surface area contributed by atoms with Crippen LogP contribution in [0.4, 0.5) is 26.0 Å². The largest absolute Gasteiger partial charge is 0.497 e. The average molecular weight is 577 g/mol. The fourth-order valence-corrected chi connectivity index (χ4v) is 5.21. The summed E-state index contributed by atoms with van der Waals surface area (Å²) in [6, 6.07) is 9.54. The monoisotopic (exact) mass is 576 g/mol. The number of amides is 1. The Balaban J connectivity index is 1.49. The number of unbranched alkanes of at least 4 members (excludes halogenated alkanes) is 1. The zero-order chi connectivity index (χ0) is 27.9. The number of methoxy groups -OCH3 is 1. The maximum atomic E-state index is 15.5. The minimum Gasteiger partial charge on any atom is -0.497 e. The Morgan fingerprint density at radius 1 is 1.13 bits per heavy atom. The molecule has 39 heavy (non-hydrogen) atoms. The van der Waals surface area contributed by atoms with Crippen LogP contribution >= 0.6 is 11.5 Å². The number of fused-ring (bicyclic) bond motifs is 1. The van der Waals surface area contributed by atoms with E-state index in [-0.39, 0.29) is 22.6 Å². The van der Waals surface area contributed by atoms with E-state index >= 15 is 4.39 Å². The number of nitrogens with one attached hydrogen (secondary N) is 2. The molecule has 4 rings (SSSR count). The number of aromatic nitrogens is 3. The van der Waals surface area contributed by atoms with E-state index in [2.05, 4.69) is 25.0 Å². The molecule has 1 atom stereocenters. The predicted octanol–water partition coefficient (Wildman–Crippen LogP) is 5.02. The molecule has 1 amide bonds. The summed E-state index contributed by atoms with van der Waals surface area (Å²) in [5, 5.41) is 5.25. The second-order valence-corrected chi connectivity index (χ2v) is 9.98. The van der Waals surface area contributed by atoms with Crippen LogP contribution < -0.4 is 19.7 Å². The van der Waals surface area contributed by atoms with Crippen LogP contribution in [0.15, 0.2) is 42.7 Å². The van der Waals surface area contributed by atoms with Crippen molar-refractivity contribution in [2.45, 2.75) is 26.2 Å². The summed E-state index contributed by atoms with van der Waals surface area (Å²) in [6.07, 6.45) is 3.07. The van der Waals surface area contributed by atoms with Crippen molar-refractivity contribution in [1.29, 1.82) is 0 Å². The molecule has 0 aliphatic heterocycles. The summed E-state index contributed by atoms with van der Waals surface area (Å²) in [5.41, 5.74) is 0.594. The topological polar surface area (TPSA) is 130 Å². The van der Waals surface area contributed by atoms with Crippen LogP contribution in [0.2, 0.25) is 0 Å². The summed E-state index contributed by atoms with van der Waals surface area (Å²) in [6.45, 7) is 2.47. The van der Waals surface area contributed by atoms with Crippen molar-refractivity contribution in [3.8, 4) is 5.75 Å². The highest BCUT2D eigenvalue weighted by molar-refractivity contribution is 7.80. The first-order chi connectivity index (χ1) is 18.8. The highest BCUT2D eigenvalue weighted by atomic mass is 32.2. The van der Waals surface area contributed by atoms with E-state index in [9.17, 15) is 17.9 Å². The Bertz CT molecular complexity index is 1490. The van der Waals surface area contributed by atoms with E-state index in [4.69, 9.17) is 4.74 Å². The molecule has 0 bridgehead atoms. The Morgan fingerprint density at radius 3 is 2.59 bits per heavy atom. The van der Waals surface area contributed by atoms with Gasteiger partial charge in [-0.3, -0.25) is 13.7 Å². The van der Waals surface area contributed by atoms with Gasteiger partial charge in [0.25, 0.3) is 17.2 Å². The SMILES string of the molecule is CCNc1ncnc2c(C(=O)Nc3c(F)ccc(N(CCCCc4ccc(OC)cc4)S(=O)O)c3F)snc12. The Kier molecular flexibility index (Phi) is 9.32. The third-order valence-electron chi connectivity index (χ3n) is 5.82. The van der Waals surface area contributed by atoms with Crippen LogP contribution in [0.3, 0.4) is 0 Å². The van der Waals surface area contributed by atoms with Crippen molar-refractivity contribution in [1.82, 2.24) is 14.3 Å². The number of hydrogen-bond donors (Lipinski definition) is 3. The lowest BCUT2D eigenvalue weighted by Gasteiger charge is -2.22. The van der Waals surface area contributed by atoms with E-state index in [0.29, 0.717) is 37.1 Å². The molecule has 2 heterocycles. The summed E-state index contributed by atoms with van der Waals surface area (Å²) in [4.78, 5) is 21.2. The second-order valence-electron chi connectivity index (χ2n) is 8.31. The van der Waals surface area contributed by atoms with Crippen LogP contribution in [0.1, 0.15) is 35.0 Å². The molecule has 0 radical (unpaired) electrons. The molecular formula is C25H26F2N6O4S2. The number of hydrogen-bond acceptors (Lipinski definition) is 8. The number of ether oxygens (including phenoxy) is 1. The van der Waals surface area contributed by atoms with Gasteiger partial charge >= 0.3 is 0 Å². The quantitative estimate of drug-likeness (QED) is 0.158. The van der Waals surface area contributed by atoms with E-state index in [1.165, 1.54) is 6.33 Å². The van der Waals surface area contributed by atoms with Crippen LogP contribution in [0.25, 0.3) is 11.0 Å². The number of halogens is 2. The van der Waals surface area contributed by atoms with Crippen LogP contribution in [-0.4, -0.2) is 49.2 Å². The first kappa shape index (κ1) is 28.3. The minimum atomic E-state index is -2.59. The fraction of sp³-hybridized carbons (Fsp3) is 0.280. The molecule has 0 saturated heterocycles. The molecule has 3 N–H and O–H groups in total. The Hall–Kier alpha value is -3.75. The van der Waals surface area contributed by atoms with Crippen LogP contribution in [0, 0.1) is 11.6 Å². The molecule has 14 heteroatoms. The lowest BCUT2D eigenvalue weighted by atomic mass is 10.1. The maximum absolute atomic E-state index is 15.5. The predicted molar refractivity (Wildman–Crippen MR) is 148 cm³/mol. The van der Waals surface area contributed by atoms with E-state index < -0.39 is 34.5 Å². The Morgan fingerprint density at radius 2 is 1.90 bits per heavy atom. The lowest BCUT2D eigenvalue weighted by Crippen LogP contribution is -2.28. The minimum absolute atomic E-state index is 0.0266. The summed E-state index contributed by atoms with van der Waals surface area (Å²) in [5.74, 6) is -1.85. The standard InChI is InChI=1S/C25H26F2N6O4S2/c1-3-28-24-22-21(29-14-30-24)23(38-32-22)25(34)31-20-17(26)11-12-18(19(20)27)33(39(35)36)13-5-4-6-15-7-9-16(37-2)10-8-15/h7-12,14H,3-6,13H2,1-2H3,(H,31,34)(H,35,36)(H,28,29,30). The molecule has 0 aliphatic carbocycles. The van der Waals surface area contributed by atoms with Gasteiger partial charge in [-0.2, -0.15) is 4.37 Å². The van der Waals surface area contributed by atoms with Crippen LogP contribution in [-0.2, 0) is 17.7 Å². The number of carbonyl (C=O) groups excluding carboxylic acids is 1. The molecule has 206 valence electrons. The molecule has 4 aromatic rings. The van der Waals surface area contributed by atoms with Gasteiger partial charge < -0.3 is 15.4 Å². The number of nitrogens with zero attached hydrogens (tertiary/aromatic N) is 4. The van der Waals surface area contributed by atoms with Crippen molar-refractivity contribution >= 4 is 56.9 Å². The summed E-state index contributed by atoms with van der Waals surface area (Å²) in [7, 11) is 1.58. The van der Waals surface area contributed by atoms with E-state index in [1.54, 1.807) is 7.11 Å². The van der Waals surface area contributed by atoms with Gasteiger partial charge in [-0.15, -0.1) is 0 Å². The molecule has 0 spiro atoms. The first-order valence-electron chi connectivity index (χ1n) is 12.0. The van der Waals surface area contributed by atoms with E-state index in [1.807, 2.05) is 31.2 Å². The van der Waals surface area contributed by atoms with Crippen molar-refractivity contribution in [2.75, 3.05) is 35.1 Å². The van der Waals surface area contributed by atoms with Crippen molar-refractivity contribution in [3.05, 3.63) is 64.8 Å². The van der Waals surface area contributed by atoms with Crippen molar-refractivity contribution in [3.63, 3.8) is 0 Å². The summed E-state index contributed by atoms with van der Waals surface area (Å²) >= 11 is -1.77. The van der Waals surface area contributed by atoms with Gasteiger partial charge in [-0.25, -0.2) is 23.0 Å². The first-order valence-corrected chi connectivity index (χ1v) is 13.8. The number of carbonyl (C=O) groups is 1. The number of rotatable bonds is 12. The number of benzene rings is 2. The normalized spacial score (nSPS) is 11.8. The van der Waals surface area contributed by atoms with Gasteiger partial charge in [0.15, 0.2) is 11.6 Å². The molecule has 0 aliphatic rings. The van der Waals surface area contributed by atoms with Gasteiger partial charge in [-0.05, 0) is 67.5 Å². The zero-order valence-corrected chi connectivity index (χ0v) is 22.7.